The second kappa shape index (κ2) is 7.11. The molecule has 0 saturated carbocycles. The highest BCUT2D eigenvalue weighted by molar-refractivity contribution is 4.92. The van der Waals surface area contributed by atoms with Gasteiger partial charge in [0.2, 0.25) is 0 Å². The Balaban J connectivity index is 3.81. The molecule has 0 fully saturated rings. The van der Waals surface area contributed by atoms with E-state index in [1.807, 2.05) is 0 Å². The second-order valence-corrected chi connectivity index (χ2v) is 6.35. The van der Waals surface area contributed by atoms with Crippen LogP contribution in [0.2, 0.25) is 0 Å². The van der Waals surface area contributed by atoms with Crippen molar-refractivity contribution in [3.8, 4) is 0 Å². The van der Waals surface area contributed by atoms with Crippen LogP contribution in [0.1, 0.15) is 53.9 Å². The topological polar surface area (TPSA) is 0 Å². The molecule has 0 aliphatic heterocycles. The van der Waals surface area contributed by atoms with Crippen LogP contribution in [0.4, 0.5) is 0 Å². The lowest BCUT2D eigenvalue weighted by Gasteiger charge is -2.35. The molecule has 0 amide bonds. The highest BCUT2D eigenvalue weighted by Gasteiger charge is 2.19. The molecule has 16 heavy (non-hydrogen) atoms. The molecular weight excluding hydrogens is 194 g/mol. The molecule has 0 saturated heterocycles. The molecule has 0 unspecified atom stereocenters. The largest absolute Gasteiger partial charge is 0.327 e. The summed E-state index contributed by atoms with van der Waals surface area (Å²) >= 11 is 0. The van der Waals surface area contributed by atoms with Crippen LogP contribution in [0.5, 0.6) is 0 Å². The van der Waals surface area contributed by atoms with Crippen molar-refractivity contribution in [3.05, 3.63) is 11.6 Å². The van der Waals surface area contributed by atoms with Gasteiger partial charge in [0.25, 0.3) is 0 Å². The lowest BCUT2D eigenvalue weighted by molar-refractivity contribution is -0.911. The molecule has 1 atom stereocenters. The minimum Gasteiger partial charge on any atom is -0.327 e. The summed E-state index contributed by atoms with van der Waals surface area (Å²) in [7, 11) is 4.68. The highest BCUT2D eigenvalue weighted by Crippen LogP contribution is 2.15. The first-order valence-corrected chi connectivity index (χ1v) is 6.71. The summed E-state index contributed by atoms with van der Waals surface area (Å²) in [6, 6.07) is 0.727. The van der Waals surface area contributed by atoms with E-state index in [1.165, 1.54) is 31.4 Å². The van der Waals surface area contributed by atoms with Crippen LogP contribution in [-0.4, -0.2) is 31.2 Å². The molecule has 1 heteroatoms. The zero-order valence-electron chi connectivity index (χ0n) is 12.5. The summed E-state index contributed by atoms with van der Waals surface area (Å²) in [5.41, 5.74) is 1.45. The van der Waals surface area contributed by atoms with Crippen molar-refractivity contribution in [3.63, 3.8) is 0 Å². The van der Waals surface area contributed by atoms with E-state index in [4.69, 9.17) is 0 Å². The van der Waals surface area contributed by atoms with E-state index in [1.54, 1.807) is 0 Å². The molecule has 0 heterocycles. The van der Waals surface area contributed by atoms with Crippen molar-refractivity contribution in [1.29, 1.82) is 0 Å². The Labute approximate surface area is 103 Å². The maximum absolute atomic E-state index is 2.39. The molecule has 0 aromatic carbocycles. The fourth-order valence-electron chi connectivity index (χ4n) is 1.61. The Morgan fingerprint density at radius 3 is 2.06 bits per heavy atom. The van der Waals surface area contributed by atoms with Gasteiger partial charge >= 0.3 is 0 Å². The zero-order chi connectivity index (χ0) is 12.8. The number of quaternary nitrogens is 1. The first-order chi connectivity index (χ1) is 7.25. The number of nitrogens with zero attached hydrogens (tertiary/aromatic N) is 1. The number of hydrogen-bond donors (Lipinski definition) is 0. The van der Waals surface area contributed by atoms with Crippen molar-refractivity contribution in [2.45, 2.75) is 59.9 Å². The molecule has 0 aromatic heterocycles. The third kappa shape index (κ3) is 7.05. The average molecular weight is 226 g/mol. The highest BCUT2D eigenvalue weighted by atomic mass is 15.3. The number of hydrogen-bond acceptors (Lipinski definition) is 0. The molecule has 0 aliphatic rings. The van der Waals surface area contributed by atoms with E-state index in [-0.39, 0.29) is 0 Å². The normalized spacial score (nSPS) is 14.0. The van der Waals surface area contributed by atoms with E-state index in [2.05, 4.69) is 54.8 Å². The minimum absolute atomic E-state index is 0.727. The van der Waals surface area contributed by atoms with Gasteiger partial charge in [0.1, 0.15) is 0 Å². The SMILES string of the molecule is CC(C)=CCC[C@H](C)CC[N+](C)(C)C(C)C. The first-order valence-electron chi connectivity index (χ1n) is 6.71. The van der Waals surface area contributed by atoms with E-state index in [0.29, 0.717) is 0 Å². The van der Waals surface area contributed by atoms with Gasteiger partial charge in [-0.05, 0) is 52.9 Å². The summed E-state index contributed by atoms with van der Waals surface area (Å²) in [6.07, 6.45) is 6.29. The van der Waals surface area contributed by atoms with Crippen LogP contribution >= 0.6 is 0 Å². The van der Waals surface area contributed by atoms with Crippen LogP contribution in [0.25, 0.3) is 0 Å². The van der Waals surface area contributed by atoms with E-state index < -0.39 is 0 Å². The summed E-state index contributed by atoms with van der Waals surface area (Å²) in [6.45, 7) is 12.7. The summed E-state index contributed by atoms with van der Waals surface area (Å²) in [4.78, 5) is 0. The van der Waals surface area contributed by atoms with Crippen LogP contribution in [0.15, 0.2) is 11.6 Å². The van der Waals surface area contributed by atoms with Crippen molar-refractivity contribution in [2.75, 3.05) is 20.6 Å². The van der Waals surface area contributed by atoms with Crippen molar-refractivity contribution >= 4 is 0 Å². The van der Waals surface area contributed by atoms with Gasteiger partial charge in [-0.15, -0.1) is 0 Å². The molecule has 96 valence electrons. The van der Waals surface area contributed by atoms with Crippen LogP contribution in [0.3, 0.4) is 0 Å². The van der Waals surface area contributed by atoms with Crippen molar-refractivity contribution < 1.29 is 4.48 Å². The summed E-state index contributed by atoms with van der Waals surface area (Å²) < 4.78 is 1.15. The fraction of sp³-hybridized carbons (Fsp3) is 0.867. The Morgan fingerprint density at radius 2 is 1.62 bits per heavy atom. The summed E-state index contributed by atoms with van der Waals surface area (Å²) in [5, 5.41) is 0. The smallest absolute Gasteiger partial charge is 0.0829 e. The van der Waals surface area contributed by atoms with Gasteiger partial charge in [-0.3, -0.25) is 0 Å². The zero-order valence-corrected chi connectivity index (χ0v) is 12.5. The molecule has 0 bridgehead atoms. The van der Waals surface area contributed by atoms with Crippen molar-refractivity contribution in [2.24, 2.45) is 5.92 Å². The maximum atomic E-state index is 2.39. The number of rotatable bonds is 7. The van der Waals surface area contributed by atoms with Crippen LogP contribution in [-0.2, 0) is 0 Å². The lowest BCUT2D eigenvalue weighted by atomic mass is 10.00. The van der Waals surface area contributed by atoms with Gasteiger partial charge in [0.05, 0.1) is 26.7 Å². The molecular formula is C15H32N+. The first kappa shape index (κ1) is 15.7. The predicted molar refractivity (Wildman–Crippen MR) is 74.6 cm³/mol. The molecule has 0 aliphatic carbocycles. The van der Waals surface area contributed by atoms with E-state index in [9.17, 15) is 0 Å². The monoisotopic (exact) mass is 226 g/mol. The number of allylic oxidation sites excluding steroid dienone is 2. The fourth-order valence-corrected chi connectivity index (χ4v) is 1.61. The Hall–Kier alpha value is -0.300. The third-order valence-electron chi connectivity index (χ3n) is 3.81. The van der Waals surface area contributed by atoms with Gasteiger partial charge < -0.3 is 4.48 Å². The van der Waals surface area contributed by atoms with Gasteiger partial charge in [-0.1, -0.05) is 18.6 Å². The van der Waals surface area contributed by atoms with Crippen molar-refractivity contribution in [1.82, 2.24) is 0 Å². The molecule has 0 aromatic rings. The van der Waals surface area contributed by atoms with Gasteiger partial charge in [-0.2, -0.15) is 0 Å². The molecule has 0 spiro atoms. The standard InChI is InChI=1S/C15H32N/c1-13(2)9-8-10-15(5)11-12-16(6,7)14(3)4/h9,14-15H,8,10-12H2,1-7H3/q+1/t15-/m0/s1. The maximum Gasteiger partial charge on any atom is 0.0829 e. The van der Waals surface area contributed by atoms with E-state index in [0.717, 1.165) is 16.4 Å². The second-order valence-electron chi connectivity index (χ2n) is 6.35. The minimum atomic E-state index is 0.727. The van der Waals surface area contributed by atoms with Crippen LogP contribution in [0, 0.1) is 5.92 Å². The summed E-state index contributed by atoms with van der Waals surface area (Å²) in [5.74, 6) is 0.853. The molecule has 0 radical (unpaired) electrons. The van der Waals surface area contributed by atoms with Gasteiger partial charge in [0.15, 0.2) is 0 Å². The molecule has 0 N–H and O–H groups in total. The quantitative estimate of drug-likeness (QED) is 0.450. The molecule has 1 nitrogen and oxygen atoms in total. The predicted octanol–water partition coefficient (Wildman–Crippen LogP) is 4.24. The average Bonchev–Trinajstić information content (AvgIpc) is 2.14. The van der Waals surface area contributed by atoms with E-state index >= 15 is 0 Å². The lowest BCUT2D eigenvalue weighted by Crippen LogP contribution is -2.46. The third-order valence-corrected chi connectivity index (χ3v) is 3.81. The molecule has 0 rings (SSSR count). The Kier molecular flexibility index (Phi) is 6.98. The van der Waals surface area contributed by atoms with Gasteiger partial charge in [-0.25, -0.2) is 0 Å². The van der Waals surface area contributed by atoms with Crippen LogP contribution < -0.4 is 0 Å². The Bertz CT molecular complexity index is 209. The Morgan fingerprint density at radius 1 is 1.06 bits per heavy atom. The van der Waals surface area contributed by atoms with Gasteiger partial charge in [0, 0.05) is 0 Å².